The third kappa shape index (κ3) is 3.32. The summed E-state index contributed by atoms with van der Waals surface area (Å²) in [5.74, 6) is 0. The summed E-state index contributed by atoms with van der Waals surface area (Å²) in [7, 11) is 0. The van der Waals surface area contributed by atoms with Crippen LogP contribution in [0.15, 0.2) is 146 Å². The summed E-state index contributed by atoms with van der Waals surface area (Å²) in [5, 5.41) is 8.84. The summed E-state index contributed by atoms with van der Waals surface area (Å²) in [5.41, 5.74) is 12.2. The van der Waals surface area contributed by atoms with Crippen molar-refractivity contribution in [1.29, 1.82) is 0 Å². The van der Waals surface area contributed by atoms with Gasteiger partial charge in [-0.25, -0.2) is 9.97 Å². The SMILES string of the molecule is c1ccc(-n2c3ccccc3c3cc(-c4ccc5sc6cc7c8nc9ccccc9nc8n8c9ccccc9c(c6c5c4)c78)ccc32)cc1. The fraction of sp³-hybridized carbons (Fsp3) is 0. The molecule has 0 atom stereocenters. The van der Waals surface area contributed by atoms with Gasteiger partial charge in [-0.05, 0) is 77.9 Å². The highest BCUT2D eigenvalue weighted by Gasteiger charge is 2.24. The average Bonchev–Trinajstić information content (AvgIpc) is 3.88. The zero-order chi connectivity index (χ0) is 31.8. The minimum atomic E-state index is 0.917. The summed E-state index contributed by atoms with van der Waals surface area (Å²) in [4.78, 5) is 10.4. The van der Waals surface area contributed by atoms with Crippen molar-refractivity contribution < 1.29 is 0 Å². The second kappa shape index (κ2) is 9.19. The van der Waals surface area contributed by atoms with Crippen LogP contribution in [0.2, 0.25) is 0 Å². The molecule has 0 bridgehead atoms. The molecule has 0 aliphatic heterocycles. The van der Waals surface area contributed by atoms with Crippen molar-refractivity contribution in [2.75, 3.05) is 0 Å². The first-order valence-electron chi connectivity index (χ1n) is 16.6. The minimum absolute atomic E-state index is 0.917. The Bertz CT molecular complexity index is 3330. The van der Waals surface area contributed by atoms with Crippen LogP contribution in [0.1, 0.15) is 0 Å². The van der Waals surface area contributed by atoms with Crippen LogP contribution in [0.3, 0.4) is 0 Å². The lowest BCUT2D eigenvalue weighted by molar-refractivity contribution is 1.18. The lowest BCUT2D eigenvalue weighted by atomic mass is 9.98. The molecule has 0 N–H and O–H groups in total. The van der Waals surface area contributed by atoms with E-state index in [4.69, 9.17) is 9.97 Å². The molecule has 12 rings (SSSR count). The van der Waals surface area contributed by atoms with Gasteiger partial charge in [-0.1, -0.05) is 78.9 Å². The summed E-state index contributed by atoms with van der Waals surface area (Å²) < 4.78 is 7.29. The Balaban J connectivity index is 1.15. The molecular weight excluding hydrogens is 617 g/mol. The standard InChI is InChI=1S/C44H24N4S/c1-2-10-27(11-3-1)47-35-16-8-4-12-28(35)30-22-25(18-20-37(30)47)26-19-21-38-31(23-26)40-39(49-38)24-32-42-44(46-34-15-7-6-14-33(34)45-42)48-36-17-9-5-13-29(36)41(40)43(32)48/h1-24H. The van der Waals surface area contributed by atoms with Crippen molar-refractivity contribution in [2.45, 2.75) is 0 Å². The number of nitrogens with zero attached hydrogens (tertiary/aromatic N) is 4. The van der Waals surface area contributed by atoms with E-state index < -0.39 is 0 Å². The molecule has 0 fully saturated rings. The van der Waals surface area contributed by atoms with Crippen LogP contribution in [0.25, 0.3) is 108 Å². The van der Waals surface area contributed by atoms with Gasteiger partial charge in [0.1, 0.15) is 5.52 Å². The monoisotopic (exact) mass is 640 g/mol. The lowest BCUT2D eigenvalue weighted by Gasteiger charge is -2.08. The maximum atomic E-state index is 5.18. The van der Waals surface area contributed by atoms with Gasteiger partial charge in [-0.2, -0.15) is 0 Å². The van der Waals surface area contributed by atoms with Crippen molar-refractivity contribution in [3.8, 4) is 16.8 Å². The van der Waals surface area contributed by atoms with Gasteiger partial charge in [0.2, 0.25) is 0 Å². The van der Waals surface area contributed by atoms with Crippen LogP contribution in [-0.2, 0) is 0 Å². The van der Waals surface area contributed by atoms with Crippen molar-refractivity contribution >= 4 is 103 Å². The van der Waals surface area contributed by atoms with Gasteiger partial charge in [0, 0.05) is 52.8 Å². The van der Waals surface area contributed by atoms with E-state index in [1.54, 1.807) is 0 Å². The molecule has 12 aromatic rings. The van der Waals surface area contributed by atoms with Gasteiger partial charge >= 0.3 is 0 Å². The van der Waals surface area contributed by atoms with Crippen molar-refractivity contribution in [1.82, 2.24) is 18.9 Å². The molecule has 5 heterocycles. The minimum Gasteiger partial charge on any atom is -0.309 e. The molecule has 0 saturated carbocycles. The molecule has 4 nitrogen and oxygen atoms in total. The third-order valence-corrected chi connectivity index (χ3v) is 11.5. The number of fused-ring (bicyclic) bond motifs is 14. The quantitative estimate of drug-likeness (QED) is 0.188. The molecule has 49 heavy (non-hydrogen) atoms. The fourth-order valence-corrected chi connectivity index (χ4v) is 9.47. The van der Waals surface area contributed by atoms with E-state index in [2.05, 4.69) is 142 Å². The maximum absolute atomic E-state index is 5.18. The molecule has 7 aromatic carbocycles. The molecule has 0 spiro atoms. The largest absolute Gasteiger partial charge is 0.309 e. The highest BCUT2D eigenvalue weighted by Crippen LogP contribution is 2.48. The van der Waals surface area contributed by atoms with Crippen LogP contribution >= 0.6 is 11.3 Å². The fourth-order valence-electron chi connectivity index (χ4n) is 8.34. The molecule has 0 radical (unpaired) electrons. The molecule has 0 aliphatic rings. The third-order valence-electron chi connectivity index (χ3n) is 10.4. The Morgan fingerprint density at radius 3 is 1.98 bits per heavy atom. The van der Waals surface area contributed by atoms with E-state index >= 15 is 0 Å². The Kier molecular flexibility index (Phi) is 4.83. The first-order valence-corrected chi connectivity index (χ1v) is 17.4. The summed E-state index contributed by atoms with van der Waals surface area (Å²) >= 11 is 1.87. The molecule has 5 aromatic heterocycles. The van der Waals surface area contributed by atoms with E-state index in [1.807, 2.05) is 23.5 Å². The van der Waals surface area contributed by atoms with Gasteiger partial charge < -0.3 is 4.57 Å². The van der Waals surface area contributed by atoms with Crippen LogP contribution in [0.4, 0.5) is 0 Å². The number of hydrogen-bond donors (Lipinski definition) is 0. The lowest BCUT2D eigenvalue weighted by Crippen LogP contribution is -1.92. The first kappa shape index (κ1) is 25.7. The second-order valence-electron chi connectivity index (χ2n) is 13.0. The summed E-state index contributed by atoms with van der Waals surface area (Å²) in [6.45, 7) is 0. The predicted molar refractivity (Wildman–Crippen MR) is 207 cm³/mol. The van der Waals surface area contributed by atoms with Gasteiger partial charge in [0.15, 0.2) is 5.65 Å². The molecule has 0 saturated heterocycles. The Hall–Kier alpha value is -6.30. The van der Waals surface area contributed by atoms with Crippen molar-refractivity contribution in [2.24, 2.45) is 0 Å². The number of thiophene rings is 1. The topological polar surface area (TPSA) is 35.1 Å². The highest BCUT2D eigenvalue weighted by atomic mass is 32.1. The van der Waals surface area contributed by atoms with E-state index in [1.165, 1.54) is 86.0 Å². The van der Waals surface area contributed by atoms with Gasteiger partial charge in [0.05, 0.1) is 33.1 Å². The molecule has 0 aliphatic carbocycles. The number of para-hydroxylation sites is 5. The number of hydrogen-bond acceptors (Lipinski definition) is 3. The Labute approximate surface area is 283 Å². The zero-order valence-corrected chi connectivity index (χ0v) is 26.9. The maximum Gasteiger partial charge on any atom is 0.165 e. The molecular formula is C44H24N4S. The van der Waals surface area contributed by atoms with E-state index in [0.29, 0.717) is 0 Å². The van der Waals surface area contributed by atoms with E-state index in [-0.39, 0.29) is 0 Å². The smallest absolute Gasteiger partial charge is 0.165 e. The highest BCUT2D eigenvalue weighted by molar-refractivity contribution is 7.26. The second-order valence-corrected chi connectivity index (χ2v) is 14.1. The van der Waals surface area contributed by atoms with Gasteiger partial charge in [-0.15, -0.1) is 11.3 Å². The predicted octanol–water partition coefficient (Wildman–Crippen LogP) is 11.9. The van der Waals surface area contributed by atoms with Gasteiger partial charge in [0.25, 0.3) is 0 Å². The molecule has 226 valence electrons. The number of aromatic nitrogens is 4. The first-order chi connectivity index (χ1) is 24.3. The molecule has 0 amide bonds. The number of rotatable bonds is 2. The van der Waals surface area contributed by atoms with Crippen LogP contribution < -0.4 is 0 Å². The zero-order valence-electron chi connectivity index (χ0n) is 26.1. The molecule has 5 heteroatoms. The van der Waals surface area contributed by atoms with E-state index in [0.717, 1.165) is 22.2 Å². The van der Waals surface area contributed by atoms with Crippen LogP contribution in [0.5, 0.6) is 0 Å². The van der Waals surface area contributed by atoms with Crippen LogP contribution in [-0.4, -0.2) is 18.9 Å². The van der Waals surface area contributed by atoms with Crippen molar-refractivity contribution in [3.05, 3.63) is 146 Å². The summed E-state index contributed by atoms with van der Waals surface area (Å²) in [6, 6.07) is 52.6. The Morgan fingerprint density at radius 1 is 0.449 bits per heavy atom. The summed E-state index contributed by atoms with van der Waals surface area (Å²) in [6.07, 6.45) is 0. The molecule has 0 unspecified atom stereocenters. The van der Waals surface area contributed by atoms with E-state index in [9.17, 15) is 0 Å². The average molecular weight is 641 g/mol. The van der Waals surface area contributed by atoms with Gasteiger partial charge in [-0.3, -0.25) is 4.40 Å². The Morgan fingerprint density at radius 2 is 1.12 bits per heavy atom. The normalized spacial score (nSPS) is 12.5. The van der Waals surface area contributed by atoms with Crippen LogP contribution in [0, 0.1) is 0 Å². The number of benzene rings is 7. The van der Waals surface area contributed by atoms with Crippen molar-refractivity contribution in [3.63, 3.8) is 0 Å².